The summed E-state index contributed by atoms with van der Waals surface area (Å²) >= 11 is 0. The van der Waals surface area contributed by atoms with Gasteiger partial charge in [-0.1, -0.05) is 68.4 Å². The number of rotatable bonds is 1. The molecular weight excluding hydrogens is 404 g/mol. The Bertz CT molecular complexity index is 1090. The van der Waals surface area contributed by atoms with E-state index in [9.17, 15) is 14.4 Å². The zero-order chi connectivity index (χ0) is 22.8. The minimum Gasteiger partial charge on any atom is -0.367 e. The van der Waals surface area contributed by atoms with E-state index in [1.807, 2.05) is 42.5 Å². The minimum absolute atomic E-state index is 0.0252. The Morgan fingerprint density at radius 3 is 2.12 bits per heavy atom. The number of carbonyl (C=O) groups excluding carboxylic acids is 3. The number of benzene rings is 2. The molecule has 1 spiro atoms. The summed E-state index contributed by atoms with van der Waals surface area (Å²) in [7, 11) is 2.90. The summed E-state index contributed by atoms with van der Waals surface area (Å²) in [5.41, 5.74) is 1.49. The van der Waals surface area contributed by atoms with E-state index in [4.69, 9.17) is 4.74 Å². The predicted octanol–water partition coefficient (Wildman–Crippen LogP) is 3.70. The van der Waals surface area contributed by atoms with Gasteiger partial charge in [0.05, 0.1) is 6.10 Å². The van der Waals surface area contributed by atoms with Gasteiger partial charge in [-0.25, -0.2) is 4.79 Å². The molecule has 2 fully saturated rings. The Hall–Kier alpha value is -2.99. The smallest absolute Gasteiger partial charge is 0.332 e. The van der Waals surface area contributed by atoms with Crippen molar-refractivity contribution in [1.29, 1.82) is 0 Å². The molecule has 0 aromatic heterocycles. The number of fused-ring (bicyclic) bond motifs is 2. The van der Waals surface area contributed by atoms with E-state index in [0.717, 1.165) is 21.8 Å². The fraction of sp³-hybridized carbons (Fsp3) is 0.423. The van der Waals surface area contributed by atoms with Gasteiger partial charge in [-0.15, -0.1) is 0 Å². The molecule has 6 heteroatoms. The topological polar surface area (TPSA) is 66.9 Å². The van der Waals surface area contributed by atoms with Crippen molar-refractivity contribution in [2.45, 2.75) is 44.3 Å². The fourth-order valence-electron chi connectivity index (χ4n) is 6.18. The summed E-state index contributed by atoms with van der Waals surface area (Å²) < 4.78 is 6.81. The van der Waals surface area contributed by atoms with E-state index in [2.05, 4.69) is 26.0 Å². The third kappa shape index (κ3) is 2.65. The van der Waals surface area contributed by atoms with Crippen LogP contribution in [0.3, 0.4) is 0 Å². The summed E-state index contributed by atoms with van der Waals surface area (Å²) in [6.07, 6.45) is 0.138. The molecule has 2 aromatic rings. The summed E-state index contributed by atoms with van der Waals surface area (Å²) in [4.78, 5) is 42.1. The van der Waals surface area contributed by atoms with E-state index in [1.165, 1.54) is 25.2 Å². The SMILES string of the molecule is CN1C(=O)N(C)C(=O)C2(C[C@@H]3Cc4ccccc4C(C)(C)[C@H]3O[C@H]2c2ccccc2)C1=O. The molecule has 0 bridgehead atoms. The number of amides is 4. The van der Waals surface area contributed by atoms with Crippen LogP contribution in [0.1, 0.15) is 43.1 Å². The molecule has 2 aromatic carbocycles. The quantitative estimate of drug-likeness (QED) is 0.645. The van der Waals surface area contributed by atoms with E-state index >= 15 is 0 Å². The molecule has 0 radical (unpaired) electrons. The molecule has 0 saturated carbocycles. The lowest BCUT2D eigenvalue weighted by molar-refractivity contribution is -0.206. The van der Waals surface area contributed by atoms with Gasteiger partial charge >= 0.3 is 6.03 Å². The van der Waals surface area contributed by atoms with Gasteiger partial charge in [0, 0.05) is 19.5 Å². The van der Waals surface area contributed by atoms with Crippen molar-refractivity contribution in [2.75, 3.05) is 14.1 Å². The first-order valence-electron chi connectivity index (χ1n) is 11.1. The Morgan fingerprint density at radius 1 is 0.875 bits per heavy atom. The second-order valence-electron chi connectivity index (χ2n) is 9.88. The zero-order valence-electron chi connectivity index (χ0n) is 18.9. The van der Waals surface area contributed by atoms with E-state index in [-0.39, 0.29) is 17.4 Å². The first-order chi connectivity index (χ1) is 15.2. The van der Waals surface area contributed by atoms with Crippen LogP contribution in [0.2, 0.25) is 0 Å². The molecule has 3 aliphatic rings. The highest BCUT2D eigenvalue weighted by Crippen LogP contribution is 2.57. The number of urea groups is 1. The summed E-state index contributed by atoms with van der Waals surface area (Å²) in [6, 6.07) is 17.2. The molecule has 4 amide bonds. The number of imide groups is 2. The maximum Gasteiger partial charge on any atom is 0.332 e. The number of ether oxygens (including phenoxy) is 1. The lowest BCUT2D eigenvalue weighted by atomic mass is 9.58. The molecule has 2 heterocycles. The van der Waals surface area contributed by atoms with Gasteiger partial charge in [0.1, 0.15) is 6.10 Å². The van der Waals surface area contributed by atoms with Crippen LogP contribution >= 0.6 is 0 Å². The van der Waals surface area contributed by atoms with Crippen LogP contribution in [0, 0.1) is 11.3 Å². The Morgan fingerprint density at radius 2 is 1.47 bits per heavy atom. The number of hydrogen-bond donors (Lipinski definition) is 0. The maximum absolute atomic E-state index is 13.7. The molecule has 6 nitrogen and oxygen atoms in total. The van der Waals surface area contributed by atoms with Gasteiger partial charge in [0.2, 0.25) is 11.8 Å². The lowest BCUT2D eigenvalue weighted by Crippen LogP contribution is -2.68. The monoisotopic (exact) mass is 432 g/mol. The number of carbonyl (C=O) groups is 3. The number of hydrogen-bond acceptors (Lipinski definition) is 4. The van der Waals surface area contributed by atoms with Gasteiger partial charge in [0.25, 0.3) is 0 Å². The van der Waals surface area contributed by atoms with Gasteiger partial charge in [-0.3, -0.25) is 19.4 Å². The van der Waals surface area contributed by atoms with Crippen LogP contribution in [0.25, 0.3) is 0 Å². The fourth-order valence-corrected chi connectivity index (χ4v) is 6.18. The van der Waals surface area contributed by atoms with Crippen molar-refractivity contribution in [1.82, 2.24) is 9.80 Å². The van der Waals surface area contributed by atoms with Crippen molar-refractivity contribution >= 4 is 17.8 Å². The maximum atomic E-state index is 13.7. The first-order valence-corrected chi connectivity index (χ1v) is 11.1. The summed E-state index contributed by atoms with van der Waals surface area (Å²) in [5.74, 6) is -0.980. The van der Waals surface area contributed by atoms with Crippen molar-refractivity contribution in [3.63, 3.8) is 0 Å². The van der Waals surface area contributed by atoms with Crippen LogP contribution in [0.4, 0.5) is 4.79 Å². The third-order valence-electron chi connectivity index (χ3n) is 7.70. The van der Waals surface area contributed by atoms with Gasteiger partial charge in [-0.2, -0.15) is 0 Å². The molecule has 5 rings (SSSR count). The molecule has 2 aliphatic heterocycles. The molecule has 166 valence electrons. The van der Waals surface area contributed by atoms with Crippen LogP contribution < -0.4 is 0 Å². The number of nitrogens with zero attached hydrogens (tertiary/aromatic N) is 2. The van der Waals surface area contributed by atoms with E-state index in [0.29, 0.717) is 6.42 Å². The molecule has 1 aliphatic carbocycles. The molecule has 0 unspecified atom stereocenters. The third-order valence-corrected chi connectivity index (χ3v) is 7.70. The predicted molar refractivity (Wildman–Crippen MR) is 119 cm³/mol. The van der Waals surface area contributed by atoms with Crippen LogP contribution in [0.15, 0.2) is 54.6 Å². The largest absolute Gasteiger partial charge is 0.367 e. The average Bonchev–Trinajstić information content (AvgIpc) is 2.80. The van der Waals surface area contributed by atoms with E-state index in [1.54, 1.807) is 0 Å². The lowest BCUT2D eigenvalue weighted by Gasteiger charge is -2.56. The average molecular weight is 433 g/mol. The van der Waals surface area contributed by atoms with Crippen LogP contribution in [0.5, 0.6) is 0 Å². The summed E-state index contributed by atoms with van der Waals surface area (Å²) in [6.45, 7) is 4.35. The van der Waals surface area contributed by atoms with Gasteiger partial charge in [-0.05, 0) is 35.4 Å². The van der Waals surface area contributed by atoms with E-state index < -0.39 is 29.4 Å². The van der Waals surface area contributed by atoms with Crippen LogP contribution in [-0.2, 0) is 26.2 Å². The first kappa shape index (κ1) is 20.9. The number of barbiturate groups is 1. The molecule has 3 atom stereocenters. The standard InChI is InChI=1S/C26H28N2O4/c1-25(2)19-13-9-8-12-17(19)14-18-15-26(22(29)27(3)24(31)28(4)23(26)30)21(32-20(18)25)16-10-6-5-7-11-16/h5-13,18,20-21H,14-15H2,1-4H3/t18-,20-,21-/m0/s1. The van der Waals surface area contributed by atoms with Crippen molar-refractivity contribution < 1.29 is 19.1 Å². The van der Waals surface area contributed by atoms with Crippen molar-refractivity contribution in [3.05, 3.63) is 71.3 Å². The zero-order valence-corrected chi connectivity index (χ0v) is 18.9. The summed E-state index contributed by atoms with van der Waals surface area (Å²) in [5, 5.41) is 0. The molecule has 32 heavy (non-hydrogen) atoms. The van der Waals surface area contributed by atoms with Gasteiger partial charge in [0.15, 0.2) is 5.41 Å². The van der Waals surface area contributed by atoms with Gasteiger partial charge < -0.3 is 4.74 Å². The molecule has 0 N–H and O–H groups in total. The van der Waals surface area contributed by atoms with Crippen molar-refractivity contribution in [2.24, 2.45) is 11.3 Å². The second kappa shape index (κ2) is 7.01. The van der Waals surface area contributed by atoms with Crippen LogP contribution in [-0.4, -0.2) is 47.8 Å². The highest BCUT2D eigenvalue weighted by Gasteiger charge is 2.66. The second-order valence-corrected chi connectivity index (χ2v) is 9.88. The minimum atomic E-state index is -1.47. The Labute approximate surface area is 188 Å². The van der Waals surface area contributed by atoms with Crippen molar-refractivity contribution in [3.8, 4) is 0 Å². The molecular formula is C26H28N2O4. The Balaban J connectivity index is 1.69. The normalized spacial score (nSPS) is 28.5. The molecule has 2 saturated heterocycles. The Kier molecular flexibility index (Phi) is 4.57. The highest BCUT2D eigenvalue weighted by molar-refractivity contribution is 6.19. The highest BCUT2D eigenvalue weighted by atomic mass is 16.5.